The van der Waals surface area contributed by atoms with E-state index in [1.165, 1.54) is 21.8 Å². The Morgan fingerprint density at radius 3 is 2.09 bits per heavy atom. The molecule has 6 aromatic rings. The van der Waals surface area contributed by atoms with Gasteiger partial charge >= 0.3 is 0 Å². The molecule has 0 unspecified atom stereocenters. The van der Waals surface area contributed by atoms with Crippen LogP contribution in [0.1, 0.15) is 5.69 Å². The second kappa shape index (κ2) is 7.78. The summed E-state index contributed by atoms with van der Waals surface area (Å²) in [6.07, 6.45) is 1.69. The highest BCUT2D eigenvalue weighted by molar-refractivity contribution is 6.10. The number of para-hydroxylation sites is 2. The summed E-state index contributed by atoms with van der Waals surface area (Å²) in [4.78, 5) is 4.09. The van der Waals surface area contributed by atoms with Gasteiger partial charge in [-0.3, -0.25) is 0 Å². The first-order valence-electron chi connectivity index (χ1n) is 10.9. The molecule has 0 saturated heterocycles. The summed E-state index contributed by atoms with van der Waals surface area (Å²) in [5.41, 5.74) is 8.29. The Labute approximate surface area is 191 Å². The molecule has 154 valence electrons. The minimum atomic E-state index is 0.423. The first-order chi connectivity index (χ1) is 16.3. The van der Waals surface area contributed by atoms with Crippen LogP contribution in [0.25, 0.3) is 49.7 Å². The smallest absolute Gasteiger partial charge is 0.141 e. The molecule has 0 fully saturated rings. The van der Waals surface area contributed by atoms with Gasteiger partial charge in [-0.2, -0.15) is 5.26 Å². The lowest BCUT2D eigenvalue weighted by Gasteiger charge is -2.10. The summed E-state index contributed by atoms with van der Waals surface area (Å²) < 4.78 is 2.33. The van der Waals surface area contributed by atoms with Gasteiger partial charge in [0.15, 0.2) is 0 Å². The first-order valence-corrected chi connectivity index (χ1v) is 10.9. The Hall–Kier alpha value is -4.68. The van der Waals surface area contributed by atoms with E-state index in [1.807, 2.05) is 18.2 Å². The van der Waals surface area contributed by atoms with E-state index in [0.29, 0.717) is 5.69 Å². The predicted octanol–water partition coefficient (Wildman–Crippen LogP) is 7.38. The van der Waals surface area contributed by atoms with Gasteiger partial charge in [-0.05, 0) is 64.7 Å². The van der Waals surface area contributed by atoms with Crippen molar-refractivity contribution in [2.75, 3.05) is 0 Å². The Balaban J connectivity index is 1.55. The molecule has 0 radical (unpaired) electrons. The molecule has 0 aliphatic carbocycles. The second-order valence-corrected chi connectivity index (χ2v) is 8.04. The van der Waals surface area contributed by atoms with Gasteiger partial charge < -0.3 is 4.57 Å². The van der Waals surface area contributed by atoms with Crippen LogP contribution in [0.2, 0.25) is 0 Å². The molecule has 0 atom stereocenters. The van der Waals surface area contributed by atoms with Crippen LogP contribution in [-0.4, -0.2) is 9.55 Å². The van der Waals surface area contributed by atoms with E-state index in [0.717, 1.165) is 27.9 Å². The topological polar surface area (TPSA) is 41.6 Å². The minimum absolute atomic E-state index is 0.423. The lowest BCUT2D eigenvalue weighted by atomic mass is 9.98. The molecule has 33 heavy (non-hydrogen) atoms. The fourth-order valence-electron chi connectivity index (χ4n) is 4.55. The van der Waals surface area contributed by atoms with Gasteiger partial charge in [0.25, 0.3) is 0 Å². The summed E-state index contributed by atoms with van der Waals surface area (Å²) in [6, 6.07) is 40.1. The van der Waals surface area contributed by atoms with E-state index in [9.17, 15) is 5.26 Å². The molecule has 0 spiro atoms. The number of benzene rings is 4. The van der Waals surface area contributed by atoms with Gasteiger partial charge in [0.2, 0.25) is 0 Å². The second-order valence-electron chi connectivity index (χ2n) is 8.04. The zero-order chi connectivity index (χ0) is 22.2. The molecule has 0 saturated carbocycles. The average molecular weight is 422 g/mol. The molecule has 4 aromatic carbocycles. The quantitative estimate of drug-likeness (QED) is 0.299. The Kier molecular flexibility index (Phi) is 4.49. The number of nitrogens with zero attached hydrogens (tertiary/aromatic N) is 3. The van der Waals surface area contributed by atoms with Crippen molar-refractivity contribution in [3.8, 4) is 34.0 Å². The Morgan fingerprint density at radius 1 is 0.576 bits per heavy atom. The van der Waals surface area contributed by atoms with Crippen LogP contribution in [0.3, 0.4) is 0 Å². The van der Waals surface area contributed by atoms with Gasteiger partial charge in [0.05, 0.1) is 11.0 Å². The van der Waals surface area contributed by atoms with Crippen molar-refractivity contribution in [1.82, 2.24) is 9.55 Å². The third-order valence-electron chi connectivity index (χ3n) is 6.09. The normalized spacial score (nSPS) is 11.0. The van der Waals surface area contributed by atoms with Gasteiger partial charge in [-0.1, -0.05) is 66.7 Å². The monoisotopic (exact) mass is 421 g/mol. The molecular formula is C30H19N3. The van der Waals surface area contributed by atoms with Crippen molar-refractivity contribution in [3.63, 3.8) is 0 Å². The van der Waals surface area contributed by atoms with Crippen LogP contribution in [0.4, 0.5) is 0 Å². The van der Waals surface area contributed by atoms with E-state index in [1.54, 1.807) is 6.20 Å². The fourth-order valence-corrected chi connectivity index (χ4v) is 4.55. The van der Waals surface area contributed by atoms with Crippen LogP contribution in [0.15, 0.2) is 115 Å². The molecule has 0 amide bonds. The standard InChI is InChI=1S/C30H19N3/c31-20-25-18-24(15-16-32-25)22-8-6-7-21(17-22)23-13-14-28-27-11-4-5-12-29(27)33(30(28)19-23)26-9-2-1-3-10-26/h1-19H. The Bertz CT molecular complexity index is 1670. The maximum Gasteiger partial charge on any atom is 0.141 e. The van der Waals surface area contributed by atoms with Crippen LogP contribution < -0.4 is 0 Å². The number of pyridine rings is 1. The van der Waals surface area contributed by atoms with E-state index < -0.39 is 0 Å². The van der Waals surface area contributed by atoms with Gasteiger partial charge in [0, 0.05) is 22.7 Å². The Morgan fingerprint density at radius 2 is 1.27 bits per heavy atom. The highest BCUT2D eigenvalue weighted by Crippen LogP contribution is 2.35. The van der Waals surface area contributed by atoms with Crippen LogP contribution in [0.5, 0.6) is 0 Å². The largest absolute Gasteiger partial charge is 0.309 e. The number of rotatable bonds is 3. The van der Waals surface area contributed by atoms with Gasteiger partial charge in [-0.25, -0.2) is 4.98 Å². The molecule has 0 aliphatic heterocycles. The van der Waals surface area contributed by atoms with Crippen LogP contribution in [-0.2, 0) is 0 Å². The minimum Gasteiger partial charge on any atom is -0.309 e. The van der Waals surface area contributed by atoms with Crippen LogP contribution >= 0.6 is 0 Å². The fraction of sp³-hybridized carbons (Fsp3) is 0. The zero-order valence-corrected chi connectivity index (χ0v) is 17.8. The maximum absolute atomic E-state index is 9.21. The van der Waals surface area contributed by atoms with E-state index >= 15 is 0 Å². The van der Waals surface area contributed by atoms with Gasteiger partial charge in [0.1, 0.15) is 11.8 Å². The van der Waals surface area contributed by atoms with Crippen molar-refractivity contribution in [3.05, 3.63) is 121 Å². The predicted molar refractivity (Wildman–Crippen MR) is 134 cm³/mol. The van der Waals surface area contributed by atoms with E-state index in [4.69, 9.17) is 0 Å². The molecule has 0 bridgehead atoms. The molecular weight excluding hydrogens is 402 g/mol. The number of hydrogen-bond donors (Lipinski definition) is 0. The molecule has 2 aromatic heterocycles. The summed E-state index contributed by atoms with van der Waals surface area (Å²) in [5.74, 6) is 0. The van der Waals surface area contributed by atoms with Crippen molar-refractivity contribution < 1.29 is 0 Å². The van der Waals surface area contributed by atoms with Crippen molar-refractivity contribution >= 4 is 21.8 Å². The lowest BCUT2D eigenvalue weighted by Crippen LogP contribution is -1.93. The molecule has 6 rings (SSSR count). The summed E-state index contributed by atoms with van der Waals surface area (Å²) in [7, 11) is 0. The van der Waals surface area contributed by atoms with Crippen molar-refractivity contribution in [2.24, 2.45) is 0 Å². The molecule has 3 heteroatoms. The van der Waals surface area contributed by atoms with Crippen molar-refractivity contribution in [2.45, 2.75) is 0 Å². The number of aromatic nitrogens is 2. The third kappa shape index (κ3) is 3.26. The molecule has 3 nitrogen and oxygen atoms in total. The first kappa shape index (κ1) is 19.0. The van der Waals surface area contributed by atoms with E-state index in [2.05, 4.69) is 107 Å². The third-order valence-corrected chi connectivity index (χ3v) is 6.09. The summed E-state index contributed by atoms with van der Waals surface area (Å²) in [5, 5.41) is 11.7. The molecule has 0 N–H and O–H groups in total. The van der Waals surface area contributed by atoms with E-state index in [-0.39, 0.29) is 0 Å². The number of nitriles is 1. The SMILES string of the molecule is N#Cc1cc(-c2cccc(-c3ccc4c5ccccc5n(-c5ccccc5)c4c3)c2)ccn1. The number of hydrogen-bond acceptors (Lipinski definition) is 2. The summed E-state index contributed by atoms with van der Waals surface area (Å²) >= 11 is 0. The van der Waals surface area contributed by atoms with Crippen LogP contribution in [0, 0.1) is 11.3 Å². The maximum atomic E-state index is 9.21. The molecule has 2 heterocycles. The lowest BCUT2D eigenvalue weighted by molar-refractivity contribution is 1.18. The zero-order valence-electron chi connectivity index (χ0n) is 17.8. The number of fused-ring (bicyclic) bond motifs is 3. The van der Waals surface area contributed by atoms with Gasteiger partial charge in [-0.15, -0.1) is 0 Å². The molecule has 0 aliphatic rings. The summed E-state index contributed by atoms with van der Waals surface area (Å²) in [6.45, 7) is 0. The highest BCUT2D eigenvalue weighted by atomic mass is 15.0. The average Bonchev–Trinajstić information content (AvgIpc) is 3.23. The van der Waals surface area contributed by atoms with Crippen molar-refractivity contribution in [1.29, 1.82) is 5.26 Å². The highest BCUT2D eigenvalue weighted by Gasteiger charge is 2.13.